The summed E-state index contributed by atoms with van der Waals surface area (Å²) in [7, 11) is 2.94. The lowest BCUT2D eigenvalue weighted by Gasteiger charge is -2.17. The van der Waals surface area contributed by atoms with Gasteiger partial charge in [-0.15, -0.1) is 0 Å². The van der Waals surface area contributed by atoms with Crippen LogP contribution in [-0.4, -0.2) is 42.8 Å². The highest BCUT2D eigenvalue weighted by Gasteiger charge is 2.12. The first kappa shape index (κ1) is 15.5. The van der Waals surface area contributed by atoms with Crippen molar-refractivity contribution in [3.63, 3.8) is 0 Å². The molecule has 0 aromatic heterocycles. The van der Waals surface area contributed by atoms with Crippen LogP contribution in [0.3, 0.4) is 0 Å². The van der Waals surface area contributed by atoms with Gasteiger partial charge in [0.05, 0.1) is 5.56 Å². The summed E-state index contributed by atoms with van der Waals surface area (Å²) in [6, 6.07) is 5.26. The van der Waals surface area contributed by atoms with Gasteiger partial charge in [0.25, 0.3) is 5.91 Å². The molecule has 6 heteroatoms. The van der Waals surface area contributed by atoms with E-state index < -0.39 is 10.8 Å². The van der Waals surface area contributed by atoms with E-state index in [0.717, 1.165) is 5.69 Å². The first-order valence-electron chi connectivity index (χ1n) is 6.07. The highest BCUT2D eigenvalue weighted by molar-refractivity contribution is 7.84. The van der Waals surface area contributed by atoms with Crippen LogP contribution in [0.25, 0.3) is 0 Å². The zero-order chi connectivity index (χ0) is 14.4. The van der Waals surface area contributed by atoms with Gasteiger partial charge >= 0.3 is 0 Å². The number of carbonyl (C=O) groups is 1. The number of carbonyl (C=O) groups excluding carboxylic acids is 1. The molecule has 5 nitrogen and oxygen atoms in total. The number of nitrogens with zero attached hydrogens (tertiary/aromatic N) is 1. The number of nitrogens with one attached hydrogen (secondary N) is 1. The molecule has 0 heterocycles. The Bertz CT molecular complexity index is 475. The third-order valence-corrected chi connectivity index (χ3v) is 3.50. The Kier molecular flexibility index (Phi) is 5.82. The summed E-state index contributed by atoms with van der Waals surface area (Å²) in [6.45, 7) is 0.514. The topological polar surface area (TPSA) is 75.4 Å². The Morgan fingerprint density at radius 2 is 2.11 bits per heavy atom. The van der Waals surface area contributed by atoms with Gasteiger partial charge in [-0.1, -0.05) is 0 Å². The molecule has 1 rings (SSSR count). The molecule has 1 aromatic rings. The van der Waals surface area contributed by atoms with Crippen LogP contribution in [0, 0.1) is 0 Å². The van der Waals surface area contributed by atoms with E-state index in [-0.39, 0.29) is 5.91 Å². The first-order chi connectivity index (χ1) is 8.91. The van der Waals surface area contributed by atoms with Crippen LogP contribution >= 0.6 is 0 Å². The number of nitrogens with two attached hydrogens (primary N) is 1. The SMILES string of the molecule is CN(C)c1ccc(N)cc1C(=O)NCCCS(C)=O. The van der Waals surface area contributed by atoms with Gasteiger partial charge in [-0.25, -0.2) is 0 Å². The number of rotatable bonds is 6. The third kappa shape index (κ3) is 4.90. The molecule has 19 heavy (non-hydrogen) atoms. The van der Waals surface area contributed by atoms with Gasteiger partial charge in [0, 0.05) is 54.8 Å². The van der Waals surface area contributed by atoms with E-state index in [1.807, 2.05) is 25.1 Å². The fraction of sp³-hybridized carbons (Fsp3) is 0.462. The highest BCUT2D eigenvalue weighted by Crippen LogP contribution is 2.21. The van der Waals surface area contributed by atoms with E-state index in [9.17, 15) is 9.00 Å². The average Bonchev–Trinajstić information content (AvgIpc) is 2.33. The van der Waals surface area contributed by atoms with Crippen molar-refractivity contribution in [3.05, 3.63) is 23.8 Å². The molecule has 106 valence electrons. The Hall–Kier alpha value is -1.56. The Balaban J connectivity index is 2.70. The van der Waals surface area contributed by atoms with E-state index in [4.69, 9.17) is 5.73 Å². The summed E-state index contributed by atoms with van der Waals surface area (Å²) in [5.41, 5.74) is 7.66. The molecule has 0 bridgehead atoms. The molecule has 1 unspecified atom stereocenters. The number of hydrogen-bond donors (Lipinski definition) is 2. The van der Waals surface area contributed by atoms with Gasteiger partial charge in [-0.2, -0.15) is 0 Å². The second-order valence-corrected chi connectivity index (χ2v) is 6.11. The molecule has 0 spiro atoms. The molecule has 3 N–H and O–H groups in total. The predicted octanol–water partition coefficient (Wildman–Crippen LogP) is 0.833. The molecule has 0 aliphatic carbocycles. The van der Waals surface area contributed by atoms with Crippen LogP contribution < -0.4 is 16.0 Å². The first-order valence-corrected chi connectivity index (χ1v) is 7.79. The van der Waals surface area contributed by atoms with Gasteiger partial charge in [0.2, 0.25) is 0 Å². The minimum Gasteiger partial charge on any atom is -0.399 e. The molecular weight excluding hydrogens is 262 g/mol. The van der Waals surface area contributed by atoms with Gasteiger partial charge < -0.3 is 16.0 Å². The van der Waals surface area contributed by atoms with Crippen molar-refractivity contribution in [2.75, 3.05) is 43.3 Å². The number of anilines is 2. The summed E-state index contributed by atoms with van der Waals surface area (Å²) >= 11 is 0. The predicted molar refractivity (Wildman–Crippen MR) is 81.1 cm³/mol. The highest BCUT2D eigenvalue weighted by atomic mass is 32.2. The van der Waals surface area contributed by atoms with E-state index >= 15 is 0 Å². The van der Waals surface area contributed by atoms with Gasteiger partial charge in [0.1, 0.15) is 0 Å². The van der Waals surface area contributed by atoms with Crippen LogP contribution in [0.4, 0.5) is 11.4 Å². The summed E-state index contributed by atoms with van der Waals surface area (Å²) in [4.78, 5) is 14.0. The van der Waals surface area contributed by atoms with E-state index in [1.54, 1.807) is 18.4 Å². The number of amides is 1. The van der Waals surface area contributed by atoms with Gasteiger partial charge in [-0.05, 0) is 24.6 Å². The van der Waals surface area contributed by atoms with Crippen molar-refractivity contribution < 1.29 is 9.00 Å². The maximum absolute atomic E-state index is 12.1. The monoisotopic (exact) mass is 283 g/mol. The molecule has 0 fully saturated rings. The number of benzene rings is 1. The summed E-state index contributed by atoms with van der Waals surface area (Å²) in [6.07, 6.45) is 2.36. The van der Waals surface area contributed by atoms with Crippen molar-refractivity contribution in [3.8, 4) is 0 Å². The lowest BCUT2D eigenvalue weighted by Crippen LogP contribution is -2.27. The van der Waals surface area contributed by atoms with E-state index in [0.29, 0.717) is 30.0 Å². The fourth-order valence-corrected chi connectivity index (χ4v) is 2.25. The Morgan fingerprint density at radius 3 is 2.68 bits per heavy atom. The zero-order valence-corrected chi connectivity index (χ0v) is 12.4. The Labute approximate surface area is 116 Å². The molecule has 0 aliphatic heterocycles. The Morgan fingerprint density at radius 1 is 1.42 bits per heavy atom. The lowest BCUT2D eigenvalue weighted by molar-refractivity contribution is 0.0954. The maximum atomic E-state index is 12.1. The van der Waals surface area contributed by atoms with Crippen LogP contribution in [-0.2, 0) is 10.8 Å². The molecule has 0 aliphatic rings. The molecule has 0 radical (unpaired) electrons. The lowest BCUT2D eigenvalue weighted by atomic mass is 10.1. The fourth-order valence-electron chi connectivity index (χ4n) is 1.70. The van der Waals surface area contributed by atoms with Crippen LogP contribution in [0.15, 0.2) is 18.2 Å². The summed E-state index contributed by atoms with van der Waals surface area (Å²) in [5.74, 6) is 0.440. The summed E-state index contributed by atoms with van der Waals surface area (Å²) < 4.78 is 10.9. The van der Waals surface area contributed by atoms with E-state index in [2.05, 4.69) is 5.32 Å². The normalized spacial score (nSPS) is 11.9. The van der Waals surface area contributed by atoms with Crippen molar-refractivity contribution in [1.29, 1.82) is 0 Å². The largest absolute Gasteiger partial charge is 0.399 e. The summed E-state index contributed by atoms with van der Waals surface area (Å²) in [5, 5.41) is 2.82. The van der Waals surface area contributed by atoms with E-state index in [1.165, 1.54) is 0 Å². The zero-order valence-electron chi connectivity index (χ0n) is 11.6. The van der Waals surface area contributed by atoms with Crippen LogP contribution in [0.2, 0.25) is 0 Å². The molecule has 1 aromatic carbocycles. The number of hydrogen-bond acceptors (Lipinski definition) is 4. The van der Waals surface area contributed by atoms with Crippen LogP contribution in [0.1, 0.15) is 16.8 Å². The van der Waals surface area contributed by atoms with Crippen molar-refractivity contribution in [2.45, 2.75) is 6.42 Å². The molecule has 1 amide bonds. The second kappa shape index (κ2) is 7.13. The average molecular weight is 283 g/mol. The standard InChI is InChI=1S/C13H21N3O2S/c1-16(2)12-6-5-10(14)9-11(12)13(17)15-7-4-8-19(3)18/h5-6,9H,4,7-8,14H2,1-3H3,(H,15,17). The molecule has 1 atom stereocenters. The maximum Gasteiger partial charge on any atom is 0.253 e. The van der Waals surface area contributed by atoms with Crippen molar-refractivity contribution in [1.82, 2.24) is 5.32 Å². The minimum atomic E-state index is -0.820. The van der Waals surface area contributed by atoms with Gasteiger partial charge in [0.15, 0.2) is 0 Å². The molecule has 0 saturated heterocycles. The third-order valence-electron chi connectivity index (χ3n) is 2.64. The smallest absolute Gasteiger partial charge is 0.253 e. The number of nitrogen functional groups attached to an aromatic ring is 1. The second-order valence-electron chi connectivity index (χ2n) is 4.56. The van der Waals surface area contributed by atoms with Gasteiger partial charge in [-0.3, -0.25) is 9.00 Å². The van der Waals surface area contributed by atoms with Crippen LogP contribution in [0.5, 0.6) is 0 Å². The molecule has 0 saturated carbocycles. The quantitative estimate of drug-likeness (QED) is 0.599. The minimum absolute atomic E-state index is 0.155. The van der Waals surface area contributed by atoms with Crippen molar-refractivity contribution in [2.24, 2.45) is 0 Å². The van der Waals surface area contributed by atoms with Crippen molar-refractivity contribution >= 4 is 28.1 Å². The molecular formula is C13H21N3O2S.